The molecule has 5 nitrogen and oxygen atoms in total. The lowest BCUT2D eigenvalue weighted by Crippen LogP contribution is -2.51. The van der Waals surface area contributed by atoms with E-state index < -0.39 is 0 Å². The van der Waals surface area contributed by atoms with E-state index in [1.54, 1.807) is 12.1 Å². The molecule has 0 saturated heterocycles. The number of carbonyl (C=O) groups is 1. The van der Waals surface area contributed by atoms with Gasteiger partial charge in [0.25, 0.3) is 5.91 Å². The van der Waals surface area contributed by atoms with Crippen molar-refractivity contribution in [1.29, 1.82) is 0 Å². The first-order chi connectivity index (χ1) is 10.1. The van der Waals surface area contributed by atoms with Crippen LogP contribution in [-0.2, 0) is 4.79 Å². The van der Waals surface area contributed by atoms with E-state index in [4.69, 9.17) is 4.74 Å². The van der Waals surface area contributed by atoms with Crippen LogP contribution in [0.1, 0.15) is 25.3 Å². The van der Waals surface area contributed by atoms with E-state index in [0.29, 0.717) is 12.4 Å². The molecule has 0 aliphatic carbocycles. The Bertz CT molecular complexity index is 552. The summed E-state index contributed by atoms with van der Waals surface area (Å²) >= 11 is 6.95. The molecule has 7 heteroatoms. The number of methoxy groups -OCH3 is 1. The normalized spacial score (nSPS) is 14.8. The highest BCUT2D eigenvalue weighted by molar-refractivity contribution is 9.11. The van der Waals surface area contributed by atoms with Crippen molar-refractivity contribution >= 4 is 43.6 Å². The van der Waals surface area contributed by atoms with Gasteiger partial charge in [-0.25, -0.2) is 0 Å². The molecular weight excluding hydrogens is 402 g/mol. The number of rotatable bonds is 5. The van der Waals surface area contributed by atoms with Gasteiger partial charge >= 0.3 is 0 Å². The second kappa shape index (κ2) is 7.26. The zero-order valence-electron chi connectivity index (χ0n) is 11.9. The molecule has 1 amide bonds. The minimum atomic E-state index is -0.00107. The van der Waals surface area contributed by atoms with Gasteiger partial charge in [0.1, 0.15) is 18.1 Å². The highest BCUT2D eigenvalue weighted by atomic mass is 79.9. The smallest absolute Gasteiger partial charge is 0.262 e. The summed E-state index contributed by atoms with van der Waals surface area (Å²) in [5, 5.41) is 1.64. The van der Waals surface area contributed by atoms with Gasteiger partial charge in [0.15, 0.2) is 0 Å². The number of nitrogens with one attached hydrogen (secondary N) is 1. The molecule has 0 saturated carbocycles. The van der Waals surface area contributed by atoms with Crippen LogP contribution in [-0.4, -0.2) is 37.0 Å². The average molecular weight is 419 g/mol. The third-order valence-corrected chi connectivity index (χ3v) is 4.30. The minimum Gasteiger partial charge on any atom is -0.494 e. The van der Waals surface area contributed by atoms with Crippen molar-refractivity contribution in [3.8, 4) is 5.75 Å². The number of halogens is 2. The predicted molar refractivity (Wildman–Crippen MR) is 89.6 cm³/mol. The number of amidine groups is 1. The highest BCUT2D eigenvalue weighted by Crippen LogP contribution is 2.34. The summed E-state index contributed by atoms with van der Waals surface area (Å²) in [6, 6.07) is 3.84. The largest absolute Gasteiger partial charge is 0.494 e. The Labute approximate surface area is 141 Å². The molecule has 114 valence electrons. The van der Waals surface area contributed by atoms with Gasteiger partial charge in [0.05, 0.1) is 16.1 Å². The first-order valence-corrected chi connectivity index (χ1v) is 8.30. The zero-order chi connectivity index (χ0) is 15.4. The zero-order valence-corrected chi connectivity index (χ0v) is 15.1. The molecule has 1 heterocycles. The van der Waals surface area contributed by atoms with E-state index >= 15 is 0 Å². The van der Waals surface area contributed by atoms with Gasteiger partial charge < -0.3 is 4.74 Å². The molecule has 0 radical (unpaired) electrons. The van der Waals surface area contributed by atoms with Crippen molar-refractivity contribution in [2.75, 3.05) is 20.2 Å². The molecule has 1 aliphatic rings. The molecule has 0 atom stereocenters. The van der Waals surface area contributed by atoms with Crippen LogP contribution in [0.4, 0.5) is 0 Å². The summed E-state index contributed by atoms with van der Waals surface area (Å²) in [6.45, 7) is 2.96. The van der Waals surface area contributed by atoms with Crippen LogP contribution in [0.5, 0.6) is 5.75 Å². The molecule has 1 aliphatic heterocycles. The SMILES string of the molecule is CCCCN1NC(c2cc(Br)c(OC)c(Br)c2)=NCC1=O. The number of hydrazine groups is 1. The molecule has 1 aromatic rings. The van der Waals surface area contributed by atoms with Crippen LogP contribution in [0.15, 0.2) is 26.1 Å². The number of carbonyl (C=O) groups excluding carboxylic acids is 1. The Morgan fingerprint density at radius 2 is 2.05 bits per heavy atom. The molecule has 0 aromatic heterocycles. The van der Waals surface area contributed by atoms with Gasteiger partial charge in [-0.05, 0) is 50.4 Å². The van der Waals surface area contributed by atoms with Gasteiger partial charge in [0.2, 0.25) is 0 Å². The summed E-state index contributed by atoms with van der Waals surface area (Å²) < 4.78 is 6.95. The quantitative estimate of drug-likeness (QED) is 0.799. The maximum Gasteiger partial charge on any atom is 0.262 e. The fourth-order valence-electron chi connectivity index (χ4n) is 2.00. The van der Waals surface area contributed by atoms with Crippen LogP contribution >= 0.6 is 31.9 Å². The Morgan fingerprint density at radius 3 is 2.62 bits per heavy atom. The molecular formula is C14H17Br2N3O2. The number of unbranched alkanes of at least 4 members (excludes halogenated alkanes) is 1. The fourth-order valence-corrected chi connectivity index (χ4v) is 3.51. The Balaban J connectivity index is 2.24. The van der Waals surface area contributed by atoms with E-state index in [-0.39, 0.29) is 12.5 Å². The Hall–Kier alpha value is -1.08. The van der Waals surface area contributed by atoms with Crippen LogP contribution in [0.3, 0.4) is 0 Å². The molecule has 21 heavy (non-hydrogen) atoms. The van der Waals surface area contributed by atoms with Gasteiger partial charge in [0, 0.05) is 12.1 Å². The van der Waals surface area contributed by atoms with E-state index in [0.717, 1.165) is 33.1 Å². The van der Waals surface area contributed by atoms with Crippen LogP contribution in [0.2, 0.25) is 0 Å². The minimum absolute atomic E-state index is 0.00107. The molecule has 0 unspecified atom stereocenters. The lowest BCUT2D eigenvalue weighted by molar-refractivity contribution is -0.132. The van der Waals surface area contributed by atoms with Gasteiger partial charge in [-0.3, -0.25) is 20.2 Å². The molecule has 0 spiro atoms. The molecule has 0 bridgehead atoms. The summed E-state index contributed by atoms with van der Waals surface area (Å²) in [6.07, 6.45) is 2.00. The third kappa shape index (κ3) is 3.77. The van der Waals surface area contributed by atoms with E-state index in [1.807, 2.05) is 12.1 Å². The van der Waals surface area contributed by atoms with Crippen LogP contribution in [0, 0.1) is 0 Å². The lowest BCUT2D eigenvalue weighted by Gasteiger charge is -2.28. The maximum atomic E-state index is 11.8. The van der Waals surface area contributed by atoms with Crippen LogP contribution in [0.25, 0.3) is 0 Å². The Kier molecular flexibility index (Phi) is 5.64. The van der Waals surface area contributed by atoms with Crippen molar-refractivity contribution in [1.82, 2.24) is 10.4 Å². The Morgan fingerprint density at radius 1 is 1.38 bits per heavy atom. The summed E-state index contributed by atoms with van der Waals surface area (Å²) in [5.74, 6) is 1.42. The first kappa shape index (κ1) is 16.3. The molecule has 1 aromatic carbocycles. The highest BCUT2D eigenvalue weighted by Gasteiger charge is 2.21. The number of hydrogen-bond acceptors (Lipinski definition) is 4. The number of nitrogens with zero attached hydrogens (tertiary/aromatic N) is 2. The average Bonchev–Trinajstić information content (AvgIpc) is 2.46. The van der Waals surface area contributed by atoms with Crippen molar-refractivity contribution in [2.45, 2.75) is 19.8 Å². The van der Waals surface area contributed by atoms with Crippen molar-refractivity contribution in [3.05, 3.63) is 26.6 Å². The summed E-state index contributed by atoms with van der Waals surface area (Å²) in [7, 11) is 1.62. The topological polar surface area (TPSA) is 53.9 Å². The summed E-state index contributed by atoms with van der Waals surface area (Å²) in [4.78, 5) is 16.1. The van der Waals surface area contributed by atoms with Crippen molar-refractivity contribution < 1.29 is 9.53 Å². The monoisotopic (exact) mass is 417 g/mol. The number of ether oxygens (including phenoxy) is 1. The number of aliphatic imine (C=N–C) groups is 1. The van der Waals surface area contributed by atoms with E-state index in [2.05, 4.69) is 49.2 Å². The second-order valence-corrected chi connectivity index (χ2v) is 6.36. The van der Waals surface area contributed by atoms with E-state index in [9.17, 15) is 4.79 Å². The molecule has 1 N–H and O–H groups in total. The fraction of sp³-hybridized carbons (Fsp3) is 0.429. The molecule has 2 rings (SSSR count). The van der Waals surface area contributed by atoms with Crippen LogP contribution < -0.4 is 10.2 Å². The van der Waals surface area contributed by atoms with Gasteiger partial charge in [-0.1, -0.05) is 13.3 Å². The van der Waals surface area contributed by atoms with Crippen molar-refractivity contribution in [2.24, 2.45) is 4.99 Å². The lowest BCUT2D eigenvalue weighted by atomic mass is 10.2. The summed E-state index contributed by atoms with van der Waals surface area (Å²) in [5.41, 5.74) is 3.99. The third-order valence-electron chi connectivity index (χ3n) is 3.13. The number of benzene rings is 1. The van der Waals surface area contributed by atoms with Crippen molar-refractivity contribution in [3.63, 3.8) is 0 Å². The van der Waals surface area contributed by atoms with Gasteiger partial charge in [-0.2, -0.15) is 0 Å². The second-order valence-electron chi connectivity index (χ2n) is 4.65. The maximum absolute atomic E-state index is 11.8. The number of amides is 1. The van der Waals surface area contributed by atoms with Gasteiger partial charge in [-0.15, -0.1) is 0 Å². The number of hydrogen-bond donors (Lipinski definition) is 1. The predicted octanol–water partition coefficient (Wildman–Crippen LogP) is 3.11. The molecule has 0 fully saturated rings. The standard InChI is InChI=1S/C14H17Br2N3O2/c1-3-4-5-19-12(20)8-17-14(18-19)9-6-10(15)13(21-2)11(16)7-9/h6-7H,3-5,8H2,1-2H3,(H,17,18). The van der Waals surface area contributed by atoms with E-state index in [1.165, 1.54) is 0 Å². The first-order valence-electron chi connectivity index (χ1n) is 6.71.